The Balaban J connectivity index is 0.000000127. The van der Waals surface area contributed by atoms with E-state index < -0.39 is 0 Å². The van der Waals surface area contributed by atoms with Gasteiger partial charge in [-0.2, -0.15) is 0 Å². The molecule has 2 aromatic heterocycles. The average Bonchev–Trinajstić information content (AvgIpc) is 2.90. The fourth-order valence-electron chi connectivity index (χ4n) is 3.74. The van der Waals surface area contributed by atoms with Crippen molar-refractivity contribution in [1.29, 1.82) is 0 Å². The SMILES string of the molecule is Cc1ccc2cccc(O)c2n1.Cc1ccc2cccc(O)c2n1.O=Cc1ccc2ccccc2c1. The number of carbonyl (C=O) groups is 1. The molecular weight excluding hydrogens is 448 g/mol. The predicted molar refractivity (Wildman–Crippen MR) is 146 cm³/mol. The van der Waals surface area contributed by atoms with Gasteiger partial charge in [0.25, 0.3) is 0 Å². The van der Waals surface area contributed by atoms with E-state index >= 15 is 0 Å². The molecule has 5 nitrogen and oxygen atoms in total. The topological polar surface area (TPSA) is 83.3 Å². The largest absolute Gasteiger partial charge is 0.506 e. The van der Waals surface area contributed by atoms with Crippen LogP contribution >= 0.6 is 0 Å². The minimum absolute atomic E-state index is 0.246. The summed E-state index contributed by atoms with van der Waals surface area (Å²) in [6.07, 6.45) is 0.867. The van der Waals surface area contributed by atoms with Gasteiger partial charge < -0.3 is 10.2 Å². The average molecular weight is 475 g/mol. The van der Waals surface area contributed by atoms with Crippen LogP contribution in [-0.4, -0.2) is 26.5 Å². The van der Waals surface area contributed by atoms with Gasteiger partial charge in [-0.1, -0.05) is 72.8 Å². The molecule has 178 valence electrons. The zero-order valence-electron chi connectivity index (χ0n) is 20.1. The number of hydrogen-bond acceptors (Lipinski definition) is 5. The molecule has 2 N–H and O–H groups in total. The van der Waals surface area contributed by atoms with Crippen LogP contribution in [-0.2, 0) is 0 Å². The molecular formula is C31H26N2O3. The maximum absolute atomic E-state index is 10.5. The summed E-state index contributed by atoms with van der Waals surface area (Å²) < 4.78 is 0. The van der Waals surface area contributed by atoms with Crippen molar-refractivity contribution in [3.05, 3.63) is 120 Å². The number of carbonyl (C=O) groups excluding carboxylic acids is 1. The van der Waals surface area contributed by atoms with Crippen LogP contribution in [0.15, 0.2) is 103 Å². The van der Waals surface area contributed by atoms with Crippen LogP contribution in [0.5, 0.6) is 11.5 Å². The smallest absolute Gasteiger partial charge is 0.150 e. The first-order valence-corrected chi connectivity index (χ1v) is 11.5. The van der Waals surface area contributed by atoms with Crippen LogP contribution in [0.2, 0.25) is 0 Å². The zero-order valence-corrected chi connectivity index (χ0v) is 20.1. The number of pyridine rings is 2. The molecule has 4 aromatic carbocycles. The zero-order chi connectivity index (χ0) is 25.5. The van der Waals surface area contributed by atoms with Crippen molar-refractivity contribution >= 4 is 38.9 Å². The van der Waals surface area contributed by atoms with E-state index in [0.29, 0.717) is 11.0 Å². The van der Waals surface area contributed by atoms with Gasteiger partial charge in [0, 0.05) is 27.7 Å². The Kier molecular flexibility index (Phi) is 7.51. The van der Waals surface area contributed by atoms with E-state index in [1.165, 1.54) is 5.39 Å². The third-order valence-electron chi connectivity index (χ3n) is 5.59. The standard InChI is InChI=1S/C11H8O.2C10H9NO/c12-8-9-5-6-10-3-1-2-4-11(10)7-9;2*1-7-5-6-8-3-2-4-9(12)10(8)11-7/h1-8H;2*2-6,12H,1H3. The third kappa shape index (κ3) is 5.83. The molecule has 0 amide bonds. The Morgan fingerprint density at radius 1 is 0.556 bits per heavy atom. The summed E-state index contributed by atoms with van der Waals surface area (Å²) in [5, 5.41) is 23.1. The molecule has 6 aromatic rings. The number of para-hydroxylation sites is 2. The number of aromatic nitrogens is 2. The summed E-state index contributed by atoms with van der Waals surface area (Å²) in [6, 6.07) is 32.2. The first kappa shape index (κ1) is 24.4. The Morgan fingerprint density at radius 3 is 1.56 bits per heavy atom. The summed E-state index contributed by atoms with van der Waals surface area (Å²) in [5.41, 5.74) is 3.93. The Morgan fingerprint density at radius 2 is 1.03 bits per heavy atom. The first-order valence-electron chi connectivity index (χ1n) is 11.5. The van der Waals surface area contributed by atoms with Crippen molar-refractivity contribution in [2.24, 2.45) is 0 Å². The van der Waals surface area contributed by atoms with E-state index in [1.54, 1.807) is 12.1 Å². The maximum Gasteiger partial charge on any atom is 0.150 e. The van der Waals surface area contributed by atoms with Gasteiger partial charge in [0.1, 0.15) is 28.8 Å². The summed E-state index contributed by atoms with van der Waals surface area (Å²) in [7, 11) is 0. The van der Waals surface area contributed by atoms with Crippen molar-refractivity contribution in [2.75, 3.05) is 0 Å². The molecule has 5 heteroatoms. The van der Waals surface area contributed by atoms with Crippen LogP contribution in [0.1, 0.15) is 21.7 Å². The number of fused-ring (bicyclic) bond motifs is 3. The van der Waals surface area contributed by atoms with E-state index in [9.17, 15) is 15.0 Å². The quantitative estimate of drug-likeness (QED) is 0.247. The summed E-state index contributed by atoms with van der Waals surface area (Å²) in [5.74, 6) is 0.493. The van der Waals surface area contributed by atoms with E-state index in [0.717, 1.165) is 39.4 Å². The van der Waals surface area contributed by atoms with Gasteiger partial charge >= 0.3 is 0 Å². The summed E-state index contributed by atoms with van der Waals surface area (Å²) in [6.45, 7) is 3.82. The highest BCUT2D eigenvalue weighted by Gasteiger charge is 2.00. The van der Waals surface area contributed by atoms with Gasteiger partial charge in [-0.15, -0.1) is 0 Å². The fraction of sp³-hybridized carbons (Fsp3) is 0.0645. The lowest BCUT2D eigenvalue weighted by Gasteiger charge is -1.99. The van der Waals surface area contributed by atoms with Crippen LogP contribution < -0.4 is 0 Å². The highest BCUT2D eigenvalue weighted by Crippen LogP contribution is 2.22. The second kappa shape index (κ2) is 11.1. The van der Waals surface area contributed by atoms with Crippen LogP contribution in [0, 0.1) is 13.8 Å². The Hall–Kier alpha value is -4.77. The van der Waals surface area contributed by atoms with Gasteiger partial charge in [0.2, 0.25) is 0 Å². The monoisotopic (exact) mass is 474 g/mol. The van der Waals surface area contributed by atoms with Gasteiger partial charge in [0.05, 0.1) is 0 Å². The van der Waals surface area contributed by atoms with E-state index in [1.807, 2.05) is 105 Å². The van der Waals surface area contributed by atoms with Crippen LogP contribution in [0.25, 0.3) is 32.6 Å². The molecule has 0 saturated carbocycles. The molecule has 0 radical (unpaired) electrons. The normalized spacial score (nSPS) is 10.3. The van der Waals surface area contributed by atoms with E-state index in [-0.39, 0.29) is 11.5 Å². The molecule has 0 atom stereocenters. The lowest BCUT2D eigenvalue weighted by atomic mass is 10.1. The maximum atomic E-state index is 10.5. The van der Waals surface area contributed by atoms with Crippen molar-refractivity contribution in [1.82, 2.24) is 9.97 Å². The number of benzene rings is 4. The molecule has 0 unspecified atom stereocenters. The molecule has 0 saturated heterocycles. The molecule has 0 spiro atoms. The van der Waals surface area contributed by atoms with Gasteiger partial charge in [-0.05, 0) is 55.0 Å². The number of aromatic hydroxyl groups is 2. The van der Waals surface area contributed by atoms with E-state index in [2.05, 4.69) is 9.97 Å². The Bertz CT molecular complexity index is 1580. The minimum Gasteiger partial charge on any atom is -0.506 e. The fourth-order valence-corrected chi connectivity index (χ4v) is 3.74. The number of phenolic OH excluding ortho intramolecular Hbond substituents is 2. The number of aryl methyl sites for hydroxylation is 2. The molecule has 0 aliphatic carbocycles. The molecule has 0 fully saturated rings. The molecule has 2 heterocycles. The number of hydrogen-bond donors (Lipinski definition) is 2. The highest BCUT2D eigenvalue weighted by atomic mass is 16.3. The van der Waals surface area contributed by atoms with Crippen molar-refractivity contribution in [2.45, 2.75) is 13.8 Å². The van der Waals surface area contributed by atoms with Gasteiger partial charge in [0.15, 0.2) is 0 Å². The minimum atomic E-state index is 0.246. The highest BCUT2D eigenvalue weighted by molar-refractivity contribution is 5.89. The number of aldehydes is 1. The Labute approximate surface area is 209 Å². The molecule has 0 aliphatic heterocycles. The lowest BCUT2D eigenvalue weighted by molar-refractivity contribution is 0.112. The van der Waals surface area contributed by atoms with Gasteiger partial charge in [-0.25, -0.2) is 9.97 Å². The molecule has 6 rings (SSSR count). The lowest BCUT2D eigenvalue weighted by Crippen LogP contribution is -1.82. The predicted octanol–water partition coefficient (Wildman–Crippen LogP) is 7.15. The summed E-state index contributed by atoms with van der Waals surface area (Å²) >= 11 is 0. The first-order chi connectivity index (χ1) is 17.4. The molecule has 0 bridgehead atoms. The summed E-state index contributed by atoms with van der Waals surface area (Å²) in [4.78, 5) is 18.9. The second-order valence-electron chi connectivity index (χ2n) is 8.33. The van der Waals surface area contributed by atoms with Crippen molar-refractivity contribution < 1.29 is 15.0 Å². The van der Waals surface area contributed by atoms with E-state index in [4.69, 9.17) is 0 Å². The second-order valence-corrected chi connectivity index (χ2v) is 8.33. The van der Waals surface area contributed by atoms with Gasteiger partial charge in [-0.3, -0.25) is 4.79 Å². The number of nitrogens with zero attached hydrogens (tertiary/aromatic N) is 2. The number of phenols is 2. The third-order valence-corrected chi connectivity index (χ3v) is 5.59. The molecule has 36 heavy (non-hydrogen) atoms. The van der Waals surface area contributed by atoms with Crippen molar-refractivity contribution in [3.8, 4) is 11.5 Å². The number of rotatable bonds is 1. The van der Waals surface area contributed by atoms with Crippen molar-refractivity contribution in [3.63, 3.8) is 0 Å². The van der Waals surface area contributed by atoms with Crippen LogP contribution in [0.4, 0.5) is 0 Å². The van der Waals surface area contributed by atoms with Crippen LogP contribution in [0.3, 0.4) is 0 Å². The molecule has 0 aliphatic rings.